The maximum atomic E-state index is 13.4. The molecule has 4 rings (SSSR count). The van der Waals surface area contributed by atoms with Crippen molar-refractivity contribution in [1.82, 2.24) is 9.55 Å². The minimum Gasteiger partial charge on any atom is -0.495 e. The van der Waals surface area contributed by atoms with E-state index in [1.807, 2.05) is 12.1 Å². The molecule has 0 aliphatic carbocycles. The highest BCUT2D eigenvalue weighted by Gasteiger charge is 2.20. The molecule has 0 saturated heterocycles. The van der Waals surface area contributed by atoms with Crippen LogP contribution in [-0.2, 0) is 10.5 Å². The molecule has 158 valence electrons. The number of fused-ring (bicyclic) bond motifs is 1. The average Bonchev–Trinajstić information content (AvgIpc) is 3.25. The number of ether oxygens (including phenoxy) is 2. The fourth-order valence-electron chi connectivity index (χ4n) is 3.13. The number of benzene rings is 2. The minimum atomic E-state index is -0.569. The first-order valence-corrected chi connectivity index (χ1v) is 10.5. The lowest BCUT2D eigenvalue weighted by molar-refractivity contribution is 0.0564. The molecule has 0 aliphatic rings. The monoisotopic (exact) mass is 456 g/mol. The first-order valence-electron chi connectivity index (χ1n) is 9.16. The van der Waals surface area contributed by atoms with Gasteiger partial charge in [0, 0.05) is 16.3 Å². The van der Waals surface area contributed by atoms with Gasteiger partial charge in [0.1, 0.15) is 5.75 Å². The van der Waals surface area contributed by atoms with E-state index in [2.05, 4.69) is 4.98 Å². The molecular weight excluding hydrogens is 440 g/mol. The molecule has 31 heavy (non-hydrogen) atoms. The maximum absolute atomic E-state index is 13.4. The van der Waals surface area contributed by atoms with Crippen LogP contribution in [0, 0.1) is 0 Å². The zero-order valence-corrected chi connectivity index (χ0v) is 18.2. The number of rotatable bonds is 6. The summed E-state index contributed by atoms with van der Waals surface area (Å²) in [6.07, 6.45) is 1.42. The van der Waals surface area contributed by atoms with Gasteiger partial charge in [-0.1, -0.05) is 35.5 Å². The van der Waals surface area contributed by atoms with Crippen LogP contribution in [0.15, 0.2) is 69.2 Å². The number of carbonyl (C=O) groups is 1. The van der Waals surface area contributed by atoms with E-state index < -0.39 is 5.97 Å². The van der Waals surface area contributed by atoms with Crippen LogP contribution in [0.3, 0.4) is 0 Å². The van der Waals surface area contributed by atoms with E-state index in [4.69, 9.17) is 25.5 Å². The molecule has 7 nitrogen and oxygen atoms in total. The van der Waals surface area contributed by atoms with Crippen molar-refractivity contribution in [2.75, 3.05) is 14.2 Å². The third-order valence-electron chi connectivity index (χ3n) is 4.60. The number of nitrogens with zero attached hydrogens (tertiary/aromatic N) is 2. The molecule has 0 bridgehead atoms. The van der Waals surface area contributed by atoms with Crippen molar-refractivity contribution < 1.29 is 18.7 Å². The van der Waals surface area contributed by atoms with E-state index in [0.717, 1.165) is 0 Å². The van der Waals surface area contributed by atoms with Gasteiger partial charge in [0.2, 0.25) is 5.76 Å². The molecule has 2 heterocycles. The first-order chi connectivity index (χ1) is 15.0. The second kappa shape index (κ2) is 8.87. The zero-order valence-electron chi connectivity index (χ0n) is 16.6. The van der Waals surface area contributed by atoms with Gasteiger partial charge in [-0.25, -0.2) is 9.78 Å². The van der Waals surface area contributed by atoms with E-state index in [-0.39, 0.29) is 11.3 Å². The molecule has 2 aromatic heterocycles. The summed E-state index contributed by atoms with van der Waals surface area (Å²) >= 11 is 7.40. The number of thioether (sulfide) groups is 1. The Kier molecular flexibility index (Phi) is 6.01. The van der Waals surface area contributed by atoms with Gasteiger partial charge in [0.25, 0.3) is 5.56 Å². The molecule has 0 spiro atoms. The molecule has 0 saturated carbocycles. The number of hydrogen-bond acceptors (Lipinski definition) is 7. The summed E-state index contributed by atoms with van der Waals surface area (Å²) < 4.78 is 17.0. The SMILES string of the molecule is COC(=O)c1occc1CSc1nc2cc(Cl)ccc2c(=O)n1-c1ccccc1OC. The third-order valence-corrected chi connectivity index (χ3v) is 5.82. The van der Waals surface area contributed by atoms with Crippen molar-refractivity contribution in [3.05, 3.63) is 81.5 Å². The number of hydrogen-bond donors (Lipinski definition) is 0. The van der Waals surface area contributed by atoms with Crippen LogP contribution in [0.1, 0.15) is 16.1 Å². The molecule has 0 fully saturated rings. The maximum Gasteiger partial charge on any atom is 0.374 e. The summed E-state index contributed by atoms with van der Waals surface area (Å²) in [6, 6.07) is 13.8. The van der Waals surface area contributed by atoms with Crippen LogP contribution >= 0.6 is 23.4 Å². The Labute approximate surface area is 186 Å². The van der Waals surface area contributed by atoms with Crippen molar-refractivity contribution >= 4 is 40.2 Å². The standard InChI is InChI=1S/C22H17ClN2O5S/c1-28-18-6-4-3-5-17(18)25-20(26)15-8-7-14(23)11-16(15)24-22(25)31-12-13-9-10-30-19(13)21(27)29-2/h3-11H,12H2,1-2H3. The van der Waals surface area contributed by atoms with Crippen LogP contribution < -0.4 is 10.3 Å². The highest BCUT2D eigenvalue weighted by molar-refractivity contribution is 7.98. The van der Waals surface area contributed by atoms with Gasteiger partial charge in [-0.2, -0.15) is 0 Å². The highest BCUT2D eigenvalue weighted by Crippen LogP contribution is 2.30. The van der Waals surface area contributed by atoms with Crippen molar-refractivity contribution in [1.29, 1.82) is 0 Å². The predicted molar refractivity (Wildman–Crippen MR) is 119 cm³/mol. The Morgan fingerprint density at radius 3 is 2.77 bits per heavy atom. The Morgan fingerprint density at radius 2 is 2.00 bits per heavy atom. The number of furan rings is 1. The smallest absolute Gasteiger partial charge is 0.374 e. The molecule has 0 unspecified atom stereocenters. The number of aromatic nitrogens is 2. The van der Waals surface area contributed by atoms with Crippen LogP contribution in [0.5, 0.6) is 5.75 Å². The molecule has 0 N–H and O–H groups in total. The van der Waals surface area contributed by atoms with Crippen LogP contribution in [0.4, 0.5) is 0 Å². The van der Waals surface area contributed by atoms with Gasteiger partial charge in [0.05, 0.1) is 37.1 Å². The van der Waals surface area contributed by atoms with Crippen molar-refractivity contribution in [3.63, 3.8) is 0 Å². The molecule has 0 aliphatic heterocycles. The summed E-state index contributed by atoms with van der Waals surface area (Å²) in [5, 5.41) is 1.33. The lowest BCUT2D eigenvalue weighted by Crippen LogP contribution is -2.22. The Hall–Kier alpha value is -3.23. The summed E-state index contributed by atoms with van der Waals surface area (Å²) in [5.74, 6) is 0.403. The molecule has 0 amide bonds. The van der Waals surface area contributed by atoms with Crippen LogP contribution in [-0.4, -0.2) is 29.7 Å². The van der Waals surface area contributed by atoms with Crippen molar-refractivity contribution in [2.24, 2.45) is 0 Å². The molecule has 9 heteroatoms. The van der Waals surface area contributed by atoms with Crippen molar-refractivity contribution in [2.45, 2.75) is 10.9 Å². The second-order valence-electron chi connectivity index (χ2n) is 6.42. The largest absolute Gasteiger partial charge is 0.495 e. The Balaban J connectivity index is 1.86. The number of halogens is 1. The van der Waals surface area contributed by atoms with Gasteiger partial charge in [-0.3, -0.25) is 9.36 Å². The number of carbonyl (C=O) groups excluding carboxylic acids is 1. The zero-order chi connectivity index (χ0) is 22.0. The lowest BCUT2D eigenvalue weighted by Gasteiger charge is -2.15. The summed E-state index contributed by atoms with van der Waals surface area (Å²) in [4.78, 5) is 30.0. The number of esters is 1. The average molecular weight is 457 g/mol. The normalized spacial score (nSPS) is 10.9. The first kappa shape index (κ1) is 21.0. The quantitative estimate of drug-likeness (QED) is 0.236. The van der Waals surface area contributed by atoms with Gasteiger partial charge >= 0.3 is 5.97 Å². The Bertz CT molecular complexity index is 1330. The minimum absolute atomic E-state index is 0.116. The van der Waals surface area contributed by atoms with Gasteiger partial charge < -0.3 is 13.9 Å². The molecule has 2 aromatic carbocycles. The van der Waals surface area contributed by atoms with E-state index in [1.165, 1.54) is 29.7 Å². The topological polar surface area (TPSA) is 83.6 Å². The van der Waals surface area contributed by atoms with Gasteiger partial charge in [-0.05, 0) is 36.4 Å². The third kappa shape index (κ3) is 4.04. The molecule has 0 radical (unpaired) electrons. The van der Waals surface area contributed by atoms with Gasteiger partial charge in [-0.15, -0.1) is 0 Å². The van der Waals surface area contributed by atoms with Gasteiger partial charge in [0.15, 0.2) is 5.16 Å². The Morgan fingerprint density at radius 1 is 1.19 bits per heavy atom. The second-order valence-corrected chi connectivity index (χ2v) is 7.80. The summed E-state index contributed by atoms with van der Waals surface area (Å²) in [6.45, 7) is 0. The van der Waals surface area contributed by atoms with E-state index in [0.29, 0.717) is 43.8 Å². The summed E-state index contributed by atoms with van der Waals surface area (Å²) in [5.41, 5.74) is 1.41. The lowest BCUT2D eigenvalue weighted by atomic mass is 10.2. The molecule has 0 atom stereocenters. The molecular formula is C22H17ClN2O5S. The van der Waals surface area contributed by atoms with E-state index in [1.54, 1.807) is 43.5 Å². The fourth-order valence-corrected chi connectivity index (χ4v) is 4.28. The predicted octanol–water partition coefficient (Wildman–Crippen LogP) is 4.72. The van der Waals surface area contributed by atoms with E-state index >= 15 is 0 Å². The highest BCUT2D eigenvalue weighted by atomic mass is 35.5. The molecule has 4 aromatic rings. The number of para-hydroxylation sites is 2. The van der Waals surface area contributed by atoms with Crippen LogP contribution in [0.2, 0.25) is 5.02 Å². The number of methoxy groups -OCH3 is 2. The van der Waals surface area contributed by atoms with Crippen LogP contribution in [0.25, 0.3) is 16.6 Å². The van der Waals surface area contributed by atoms with Crippen molar-refractivity contribution in [3.8, 4) is 11.4 Å². The fraction of sp³-hybridized carbons (Fsp3) is 0.136. The summed E-state index contributed by atoms with van der Waals surface area (Å²) in [7, 11) is 2.83. The van der Waals surface area contributed by atoms with E-state index in [9.17, 15) is 9.59 Å².